The molecule has 0 aromatic carbocycles. The van der Waals surface area contributed by atoms with Crippen LogP contribution in [0.3, 0.4) is 0 Å². The molecule has 0 radical (unpaired) electrons. The van der Waals surface area contributed by atoms with E-state index in [0.29, 0.717) is 11.3 Å². The van der Waals surface area contributed by atoms with Gasteiger partial charge in [0.2, 0.25) is 0 Å². The van der Waals surface area contributed by atoms with Crippen molar-refractivity contribution < 1.29 is 4.79 Å². The lowest BCUT2D eigenvalue weighted by Gasteiger charge is -2.21. The summed E-state index contributed by atoms with van der Waals surface area (Å²) in [5, 5.41) is 8.56. The van der Waals surface area contributed by atoms with E-state index in [0.717, 1.165) is 0 Å². The van der Waals surface area contributed by atoms with Crippen LogP contribution in [-0.4, -0.2) is 28.9 Å². The van der Waals surface area contributed by atoms with Gasteiger partial charge in [-0.15, -0.1) is 0 Å². The van der Waals surface area contributed by atoms with Crippen molar-refractivity contribution in [3.63, 3.8) is 0 Å². The summed E-state index contributed by atoms with van der Waals surface area (Å²) in [6, 6.07) is 5.22. The van der Waals surface area contributed by atoms with E-state index < -0.39 is 0 Å². The molecule has 1 amide bonds. The fourth-order valence-electron chi connectivity index (χ4n) is 1.02. The molecule has 15 heavy (non-hydrogen) atoms. The highest BCUT2D eigenvalue weighted by atomic mass is 16.2. The van der Waals surface area contributed by atoms with E-state index in [4.69, 9.17) is 5.26 Å². The zero-order valence-corrected chi connectivity index (χ0v) is 9.06. The van der Waals surface area contributed by atoms with Gasteiger partial charge in [0, 0.05) is 19.3 Å². The van der Waals surface area contributed by atoms with Gasteiger partial charge in [-0.1, -0.05) is 0 Å². The summed E-state index contributed by atoms with van der Waals surface area (Å²) in [7, 11) is 1.74. The Morgan fingerprint density at radius 3 is 2.60 bits per heavy atom. The number of nitrogens with zero attached hydrogens (tertiary/aromatic N) is 3. The van der Waals surface area contributed by atoms with Gasteiger partial charge in [-0.25, -0.2) is 4.98 Å². The van der Waals surface area contributed by atoms with Crippen molar-refractivity contribution in [2.75, 3.05) is 7.05 Å². The van der Waals surface area contributed by atoms with Gasteiger partial charge in [-0.05, 0) is 26.0 Å². The Morgan fingerprint density at radius 1 is 1.53 bits per heavy atom. The summed E-state index contributed by atoms with van der Waals surface area (Å²) in [6.07, 6.45) is 1.43. The molecule has 0 spiro atoms. The number of hydrogen-bond acceptors (Lipinski definition) is 3. The normalized spacial score (nSPS) is 9.80. The van der Waals surface area contributed by atoms with E-state index in [1.165, 1.54) is 6.20 Å². The molecule has 0 N–H and O–H groups in total. The molecule has 1 rings (SSSR count). The Labute approximate surface area is 89.2 Å². The molecule has 0 saturated carbocycles. The second kappa shape index (κ2) is 4.56. The number of rotatable bonds is 2. The first kappa shape index (κ1) is 11.2. The van der Waals surface area contributed by atoms with Crippen LogP contribution in [0.15, 0.2) is 18.3 Å². The maximum Gasteiger partial charge on any atom is 0.255 e. The Bertz CT molecular complexity index is 389. The molecule has 0 atom stereocenters. The van der Waals surface area contributed by atoms with Crippen LogP contribution in [-0.2, 0) is 0 Å². The molecule has 0 saturated heterocycles. The fraction of sp³-hybridized carbons (Fsp3) is 0.364. The van der Waals surface area contributed by atoms with Gasteiger partial charge in [-0.3, -0.25) is 4.79 Å². The number of hydrogen-bond donors (Lipinski definition) is 0. The topological polar surface area (TPSA) is 57.0 Å². The SMILES string of the molecule is CC(C)N(C)C(=O)c1ccc(C#N)nc1. The second-order valence-corrected chi connectivity index (χ2v) is 3.55. The highest BCUT2D eigenvalue weighted by Crippen LogP contribution is 2.05. The van der Waals surface area contributed by atoms with Crippen molar-refractivity contribution in [1.29, 1.82) is 5.26 Å². The Morgan fingerprint density at radius 2 is 2.20 bits per heavy atom. The molecule has 78 valence electrons. The minimum Gasteiger partial charge on any atom is -0.339 e. The standard InChI is InChI=1S/C11H13N3O/c1-8(2)14(3)11(15)9-4-5-10(6-12)13-7-9/h4-5,7-8H,1-3H3. The summed E-state index contributed by atoms with van der Waals surface area (Å²) in [4.78, 5) is 17.3. The summed E-state index contributed by atoms with van der Waals surface area (Å²) in [5.74, 6) is -0.0815. The van der Waals surface area contributed by atoms with Crippen molar-refractivity contribution >= 4 is 5.91 Å². The van der Waals surface area contributed by atoms with Gasteiger partial charge < -0.3 is 4.90 Å². The van der Waals surface area contributed by atoms with E-state index in [1.807, 2.05) is 19.9 Å². The molecule has 4 nitrogen and oxygen atoms in total. The minimum absolute atomic E-state index is 0.0815. The Hall–Kier alpha value is -1.89. The summed E-state index contributed by atoms with van der Waals surface area (Å²) >= 11 is 0. The lowest BCUT2D eigenvalue weighted by molar-refractivity contribution is 0.0754. The van der Waals surface area contributed by atoms with E-state index in [2.05, 4.69) is 4.98 Å². The number of pyridine rings is 1. The van der Waals surface area contributed by atoms with Crippen LogP contribution in [0.25, 0.3) is 0 Å². The maximum atomic E-state index is 11.8. The van der Waals surface area contributed by atoms with Crippen LogP contribution in [0.2, 0.25) is 0 Å². The molecule has 0 aliphatic carbocycles. The van der Waals surface area contributed by atoms with Crippen LogP contribution in [0.1, 0.15) is 29.9 Å². The molecule has 0 fully saturated rings. The van der Waals surface area contributed by atoms with Gasteiger partial charge in [0.05, 0.1) is 5.56 Å². The van der Waals surface area contributed by atoms with Gasteiger partial charge in [0.15, 0.2) is 0 Å². The average Bonchev–Trinajstić information content (AvgIpc) is 2.27. The molecule has 0 bridgehead atoms. The van der Waals surface area contributed by atoms with Gasteiger partial charge in [0.1, 0.15) is 11.8 Å². The average molecular weight is 203 g/mol. The molecule has 0 aliphatic rings. The molecule has 0 aliphatic heterocycles. The van der Waals surface area contributed by atoms with E-state index in [1.54, 1.807) is 24.1 Å². The van der Waals surface area contributed by atoms with Crippen molar-refractivity contribution in [2.45, 2.75) is 19.9 Å². The third-order valence-corrected chi connectivity index (χ3v) is 2.22. The van der Waals surface area contributed by atoms with Crippen LogP contribution in [0.4, 0.5) is 0 Å². The highest BCUT2D eigenvalue weighted by Gasteiger charge is 2.14. The van der Waals surface area contributed by atoms with E-state index >= 15 is 0 Å². The predicted molar refractivity (Wildman–Crippen MR) is 56.2 cm³/mol. The van der Waals surface area contributed by atoms with Gasteiger partial charge in [0.25, 0.3) is 5.91 Å². The molecule has 1 heterocycles. The fourth-order valence-corrected chi connectivity index (χ4v) is 1.02. The van der Waals surface area contributed by atoms with E-state index in [9.17, 15) is 4.79 Å². The van der Waals surface area contributed by atoms with Crippen molar-refractivity contribution in [1.82, 2.24) is 9.88 Å². The lowest BCUT2D eigenvalue weighted by Crippen LogP contribution is -2.33. The smallest absolute Gasteiger partial charge is 0.255 e. The predicted octanol–water partition coefficient (Wildman–Crippen LogP) is 1.43. The quantitative estimate of drug-likeness (QED) is 0.730. The third-order valence-electron chi connectivity index (χ3n) is 2.22. The molecular weight excluding hydrogens is 190 g/mol. The number of amides is 1. The third kappa shape index (κ3) is 2.53. The van der Waals surface area contributed by atoms with Gasteiger partial charge >= 0.3 is 0 Å². The van der Waals surface area contributed by atoms with E-state index in [-0.39, 0.29) is 11.9 Å². The summed E-state index contributed by atoms with van der Waals surface area (Å²) in [5.41, 5.74) is 0.823. The van der Waals surface area contributed by atoms with Crippen LogP contribution < -0.4 is 0 Å². The van der Waals surface area contributed by atoms with Crippen LogP contribution in [0.5, 0.6) is 0 Å². The summed E-state index contributed by atoms with van der Waals surface area (Å²) < 4.78 is 0. The zero-order chi connectivity index (χ0) is 11.4. The molecule has 1 aromatic rings. The number of nitriles is 1. The number of carbonyl (C=O) groups excluding carboxylic acids is 1. The Balaban J connectivity index is 2.89. The molecule has 1 aromatic heterocycles. The van der Waals surface area contributed by atoms with Crippen molar-refractivity contribution in [3.05, 3.63) is 29.6 Å². The molecule has 0 unspecified atom stereocenters. The number of aromatic nitrogens is 1. The molecule has 4 heteroatoms. The first-order chi connectivity index (χ1) is 7.06. The van der Waals surface area contributed by atoms with Crippen LogP contribution in [0, 0.1) is 11.3 Å². The Kier molecular flexibility index (Phi) is 3.40. The van der Waals surface area contributed by atoms with Crippen molar-refractivity contribution in [3.8, 4) is 6.07 Å². The lowest BCUT2D eigenvalue weighted by atomic mass is 10.2. The zero-order valence-electron chi connectivity index (χ0n) is 9.06. The minimum atomic E-state index is -0.0815. The van der Waals surface area contributed by atoms with Crippen LogP contribution >= 0.6 is 0 Å². The second-order valence-electron chi connectivity index (χ2n) is 3.55. The van der Waals surface area contributed by atoms with Crippen molar-refractivity contribution in [2.24, 2.45) is 0 Å². The highest BCUT2D eigenvalue weighted by molar-refractivity contribution is 5.93. The number of carbonyl (C=O) groups is 1. The summed E-state index contributed by atoms with van der Waals surface area (Å²) in [6.45, 7) is 3.88. The van der Waals surface area contributed by atoms with Gasteiger partial charge in [-0.2, -0.15) is 5.26 Å². The molecular formula is C11H13N3O. The first-order valence-electron chi connectivity index (χ1n) is 4.69. The maximum absolute atomic E-state index is 11.8. The monoisotopic (exact) mass is 203 g/mol. The first-order valence-corrected chi connectivity index (χ1v) is 4.69. The largest absolute Gasteiger partial charge is 0.339 e.